The highest BCUT2D eigenvalue weighted by Gasteiger charge is 2.17. The van der Waals surface area contributed by atoms with E-state index in [1.165, 1.54) is 18.6 Å². The first kappa shape index (κ1) is 14.6. The summed E-state index contributed by atoms with van der Waals surface area (Å²) >= 11 is 0. The maximum absolute atomic E-state index is 12.1. The molecule has 0 saturated heterocycles. The second-order valence-electron chi connectivity index (χ2n) is 4.91. The van der Waals surface area contributed by atoms with E-state index >= 15 is 0 Å². The molecule has 2 heterocycles. The molecule has 0 unspecified atom stereocenters. The first-order valence-corrected chi connectivity index (χ1v) is 6.82. The van der Waals surface area contributed by atoms with Crippen molar-refractivity contribution in [3.8, 4) is 11.5 Å². The van der Waals surface area contributed by atoms with Crippen LogP contribution >= 0.6 is 0 Å². The summed E-state index contributed by atoms with van der Waals surface area (Å²) in [4.78, 5) is 26.1. The van der Waals surface area contributed by atoms with E-state index in [-0.39, 0.29) is 11.7 Å². The van der Waals surface area contributed by atoms with E-state index in [0.717, 1.165) is 5.69 Å². The molecule has 1 N–H and O–H groups in total. The third-order valence-corrected chi connectivity index (χ3v) is 3.05. The minimum absolute atomic E-state index is 0.137. The second kappa shape index (κ2) is 6.22. The van der Waals surface area contributed by atoms with Gasteiger partial charge in [0.05, 0.1) is 6.20 Å². The number of aromatic nitrogens is 4. The molecule has 1 aromatic carbocycles. The highest BCUT2D eigenvalue weighted by Crippen LogP contribution is 2.17. The Kier molecular flexibility index (Phi) is 3.96. The van der Waals surface area contributed by atoms with Crippen molar-refractivity contribution in [3.05, 3.63) is 48.7 Å². The number of nitrogens with one attached hydrogen (secondary N) is 1. The summed E-state index contributed by atoms with van der Waals surface area (Å²) in [7, 11) is 3.89. The van der Waals surface area contributed by atoms with Gasteiger partial charge < -0.3 is 14.7 Å². The fourth-order valence-corrected chi connectivity index (χ4v) is 1.86. The van der Waals surface area contributed by atoms with Crippen LogP contribution in [0.3, 0.4) is 0 Å². The molecule has 0 spiro atoms. The van der Waals surface area contributed by atoms with Crippen molar-refractivity contribution < 1.29 is 9.32 Å². The summed E-state index contributed by atoms with van der Waals surface area (Å²) in [5, 5.41) is 6.43. The van der Waals surface area contributed by atoms with Crippen LogP contribution in [0.2, 0.25) is 0 Å². The molecule has 8 heteroatoms. The summed E-state index contributed by atoms with van der Waals surface area (Å²) in [6.45, 7) is 0. The number of nitrogens with zero attached hydrogens (tertiary/aromatic N) is 5. The lowest BCUT2D eigenvalue weighted by Crippen LogP contribution is -2.13. The average molecular weight is 310 g/mol. The van der Waals surface area contributed by atoms with Gasteiger partial charge in [0.2, 0.25) is 5.82 Å². The van der Waals surface area contributed by atoms with E-state index in [4.69, 9.17) is 4.52 Å². The molecule has 3 rings (SSSR count). The lowest BCUT2D eigenvalue weighted by molar-refractivity contribution is 0.0981. The van der Waals surface area contributed by atoms with Crippen molar-refractivity contribution in [3.63, 3.8) is 0 Å². The molecule has 23 heavy (non-hydrogen) atoms. The first-order chi connectivity index (χ1) is 11.1. The summed E-state index contributed by atoms with van der Waals surface area (Å²) in [5.41, 5.74) is 2.11. The van der Waals surface area contributed by atoms with Gasteiger partial charge in [-0.05, 0) is 24.3 Å². The molecule has 116 valence electrons. The Balaban J connectivity index is 1.72. The quantitative estimate of drug-likeness (QED) is 0.785. The van der Waals surface area contributed by atoms with Crippen LogP contribution in [-0.2, 0) is 0 Å². The molecule has 8 nitrogen and oxygen atoms in total. The lowest BCUT2D eigenvalue weighted by atomic mass is 10.2. The Morgan fingerprint density at radius 2 is 1.96 bits per heavy atom. The fraction of sp³-hybridized carbons (Fsp3) is 0.133. The Bertz CT molecular complexity index is 798. The van der Waals surface area contributed by atoms with Gasteiger partial charge in [-0.25, -0.2) is 4.98 Å². The molecular weight excluding hydrogens is 296 g/mol. The SMILES string of the molecule is CN(C)c1ccc(NC(=O)c2nc(-c3cnccn3)no2)cc1. The number of hydrogen-bond donors (Lipinski definition) is 1. The Labute approximate surface area is 132 Å². The van der Waals surface area contributed by atoms with Gasteiger partial charge in [-0.3, -0.25) is 9.78 Å². The molecule has 0 aliphatic heterocycles. The first-order valence-electron chi connectivity index (χ1n) is 6.82. The van der Waals surface area contributed by atoms with E-state index < -0.39 is 5.91 Å². The van der Waals surface area contributed by atoms with Gasteiger partial charge in [-0.1, -0.05) is 5.16 Å². The molecule has 0 fully saturated rings. The number of anilines is 2. The smallest absolute Gasteiger partial charge is 0.316 e. The topological polar surface area (TPSA) is 97.0 Å². The summed E-state index contributed by atoms with van der Waals surface area (Å²) in [6, 6.07) is 7.39. The second-order valence-corrected chi connectivity index (χ2v) is 4.91. The third kappa shape index (κ3) is 3.31. The van der Waals surface area contributed by atoms with E-state index in [0.29, 0.717) is 11.4 Å². The highest BCUT2D eigenvalue weighted by atomic mass is 16.5. The number of carbonyl (C=O) groups is 1. The van der Waals surface area contributed by atoms with E-state index in [2.05, 4.69) is 25.4 Å². The zero-order valence-electron chi connectivity index (χ0n) is 12.6. The Morgan fingerprint density at radius 1 is 1.17 bits per heavy atom. The molecule has 1 amide bonds. The number of carbonyl (C=O) groups excluding carboxylic acids is 1. The van der Waals surface area contributed by atoms with Crippen molar-refractivity contribution in [2.24, 2.45) is 0 Å². The monoisotopic (exact) mass is 310 g/mol. The van der Waals surface area contributed by atoms with Gasteiger partial charge in [0.15, 0.2) is 0 Å². The molecule has 0 bridgehead atoms. The fourth-order valence-electron chi connectivity index (χ4n) is 1.86. The average Bonchev–Trinajstić information content (AvgIpc) is 3.06. The van der Waals surface area contributed by atoms with Gasteiger partial charge >= 0.3 is 11.8 Å². The van der Waals surface area contributed by atoms with Crippen molar-refractivity contribution >= 4 is 17.3 Å². The predicted molar refractivity (Wildman–Crippen MR) is 84.0 cm³/mol. The van der Waals surface area contributed by atoms with Gasteiger partial charge in [-0.2, -0.15) is 4.98 Å². The van der Waals surface area contributed by atoms with Gasteiger partial charge in [0.1, 0.15) is 5.69 Å². The molecule has 0 radical (unpaired) electrons. The molecule has 0 aliphatic carbocycles. The number of hydrogen-bond acceptors (Lipinski definition) is 7. The van der Waals surface area contributed by atoms with Crippen molar-refractivity contribution in [1.29, 1.82) is 0 Å². The molecule has 0 atom stereocenters. The maximum Gasteiger partial charge on any atom is 0.316 e. The summed E-state index contributed by atoms with van der Waals surface area (Å²) in [6.07, 6.45) is 4.54. The lowest BCUT2D eigenvalue weighted by Gasteiger charge is -2.12. The molecular formula is C15H14N6O2. The van der Waals surface area contributed by atoms with Crippen molar-refractivity contribution in [2.45, 2.75) is 0 Å². The van der Waals surface area contributed by atoms with Crippen LogP contribution in [0.1, 0.15) is 10.7 Å². The standard InChI is InChI=1S/C15H14N6O2/c1-21(2)11-5-3-10(4-6-11)18-14(22)15-19-13(20-23-15)12-9-16-7-8-17-12/h3-9H,1-2H3,(H,18,22). The van der Waals surface area contributed by atoms with E-state index in [9.17, 15) is 4.79 Å². The zero-order valence-corrected chi connectivity index (χ0v) is 12.6. The van der Waals surface area contributed by atoms with Crippen LogP contribution in [0.25, 0.3) is 11.5 Å². The maximum atomic E-state index is 12.1. The summed E-state index contributed by atoms with van der Waals surface area (Å²) in [5.74, 6) is -0.404. The van der Waals surface area contributed by atoms with E-state index in [1.54, 1.807) is 12.1 Å². The van der Waals surface area contributed by atoms with Crippen LogP contribution < -0.4 is 10.2 Å². The normalized spacial score (nSPS) is 10.3. The molecule has 0 saturated carbocycles. The minimum Gasteiger partial charge on any atom is -0.378 e. The zero-order chi connectivity index (χ0) is 16.2. The highest BCUT2D eigenvalue weighted by molar-refractivity contribution is 6.01. The Hall–Kier alpha value is -3.29. The van der Waals surface area contributed by atoms with Gasteiger partial charge in [0.25, 0.3) is 0 Å². The molecule has 2 aromatic heterocycles. The number of amides is 1. The summed E-state index contributed by atoms with van der Waals surface area (Å²) < 4.78 is 4.97. The number of benzene rings is 1. The third-order valence-electron chi connectivity index (χ3n) is 3.05. The molecule has 0 aliphatic rings. The predicted octanol–water partition coefficient (Wildman–Crippen LogP) is 1.84. The van der Waals surface area contributed by atoms with Crippen LogP contribution in [0, 0.1) is 0 Å². The van der Waals surface area contributed by atoms with Crippen molar-refractivity contribution in [1.82, 2.24) is 20.1 Å². The van der Waals surface area contributed by atoms with E-state index in [1.807, 2.05) is 31.1 Å². The van der Waals surface area contributed by atoms with Crippen LogP contribution in [0.5, 0.6) is 0 Å². The van der Waals surface area contributed by atoms with Gasteiger partial charge in [-0.15, -0.1) is 0 Å². The Morgan fingerprint density at radius 3 is 2.61 bits per heavy atom. The van der Waals surface area contributed by atoms with Crippen LogP contribution in [0.15, 0.2) is 47.4 Å². The minimum atomic E-state index is -0.481. The molecule has 3 aromatic rings. The van der Waals surface area contributed by atoms with Gasteiger partial charge in [0, 0.05) is 37.9 Å². The van der Waals surface area contributed by atoms with Crippen LogP contribution in [0.4, 0.5) is 11.4 Å². The number of rotatable bonds is 4. The van der Waals surface area contributed by atoms with Crippen LogP contribution in [-0.4, -0.2) is 40.1 Å². The van der Waals surface area contributed by atoms with Crippen molar-refractivity contribution in [2.75, 3.05) is 24.3 Å². The largest absolute Gasteiger partial charge is 0.378 e.